The summed E-state index contributed by atoms with van der Waals surface area (Å²) < 4.78 is 41.3. The fourth-order valence-corrected chi connectivity index (χ4v) is 4.46. The Morgan fingerprint density at radius 1 is 1.00 bits per heavy atom. The minimum absolute atomic E-state index is 0.0466. The number of nitrogens with one attached hydrogen (secondary N) is 3. The Labute approximate surface area is 245 Å². The SMILES string of the molecule is CCOc1ccn(-c2ccc(F)cc2)c(=O)c1C(=O)Nc1ccc(O/C(=C/C=N)c2[nH]ccc2-c2ccccc2)c(F)c1. The number of carbonyl (C=O) groups excluding carboxylic acids is 1. The molecule has 5 rings (SSSR count). The molecule has 0 bridgehead atoms. The summed E-state index contributed by atoms with van der Waals surface area (Å²) in [5.74, 6) is -1.97. The Bertz CT molecular complexity index is 1860. The largest absolute Gasteiger partial charge is 0.493 e. The van der Waals surface area contributed by atoms with Crippen LogP contribution >= 0.6 is 0 Å². The second-order valence-electron chi connectivity index (χ2n) is 9.17. The predicted molar refractivity (Wildman–Crippen MR) is 161 cm³/mol. The Balaban J connectivity index is 1.41. The number of hydrogen-bond acceptors (Lipinski definition) is 5. The summed E-state index contributed by atoms with van der Waals surface area (Å²) in [5, 5.41) is 10.1. The van der Waals surface area contributed by atoms with Gasteiger partial charge in [0, 0.05) is 47.7 Å². The molecule has 0 aliphatic carbocycles. The number of carbonyl (C=O) groups is 1. The molecule has 5 aromatic rings. The van der Waals surface area contributed by atoms with Gasteiger partial charge in [0.25, 0.3) is 11.5 Å². The first kappa shape index (κ1) is 28.7. The lowest BCUT2D eigenvalue weighted by molar-refractivity contribution is 0.102. The Hall–Kier alpha value is -5.77. The first-order valence-electron chi connectivity index (χ1n) is 13.3. The monoisotopic (exact) mass is 580 g/mol. The summed E-state index contributed by atoms with van der Waals surface area (Å²) in [4.78, 5) is 29.7. The van der Waals surface area contributed by atoms with Crippen LogP contribution in [-0.2, 0) is 0 Å². The highest BCUT2D eigenvalue weighted by molar-refractivity contribution is 6.06. The van der Waals surface area contributed by atoms with E-state index in [-0.39, 0.29) is 35.1 Å². The lowest BCUT2D eigenvalue weighted by atomic mass is 10.1. The van der Waals surface area contributed by atoms with Crippen LogP contribution in [0.4, 0.5) is 14.5 Å². The van der Waals surface area contributed by atoms with E-state index in [1.165, 1.54) is 59.3 Å². The molecular weight excluding hydrogens is 554 g/mol. The van der Waals surface area contributed by atoms with Gasteiger partial charge in [-0.25, -0.2) is 8.78 Å². The summed E-state index contributed by atoms with van der Waals surface area (Å²) in [6.45, 7) is 1.90. The maximum Gasteiger partial charge on any atom is 0.271 e. The van der Waals surface area contributed by atoms with Gasteiger partial charge in [-0.15, -0.1) is 0 Å². The molecule has 3 aromatic carbocycles. The summed E-state index contributed by atoms with van der Waals surface area (Å²) >= 11 is 0. The van der Waals surface area contributed by atoms with Crippen LogP contribution in [0.15, 0.2) is 108 Å². The van der Waals surface area contributed by atoms with Gasteiger partial charge < -0.3 is 25.2 Å². The minimum atomic E-state index is -0.818. The predicted octanol–water partition coefficient (Wildman–Crippen LogP) is 6.83. The maximum atomic E-state index is 15.3. The van der Waals surface area contributed by atoms with Gasteiger partial charge in [0.1, 0.15) is 17.1 Å². The molecule has 0 fully saturated rings. The van der Waals surface area contributed by atoms with E-state index in [0.717, 1.165) is 23.4 Å². The van der Waals surface area contributed by atoms with Crippen molar-refractivity contribution < 1.29 is 23.0 Å². The normalized spacial score (nSPS) is 11.2. The molecule has 0 aliphatic rings. The van der Waals surface area contributed by atoms with Crippen molar-refractivity contribution in [3.8, 4) is 28.3 Å². The van der Waals surface area contributed by atoms with E-state index in [2.05, 4.69) is 10.3 Å². The fraction of sp³-hybridized carbons (Fsp3) is 0.0606. The first-order chi connectivity index (χ1) is 20.9. The molecule has 1 amide bonds. The van der Waals surface area contributed by atoms with Crippen LogP contribution < -0.4 is 20.3 Å². The number of aromatic nitrogens is 2. The van der Waals surface area contributed by atoms with Gasteiger partial charge in [-0.1, -0.05) is 30.3 Å². The Kier molecular flexibility index (Phi) is 8.57. The van der Waals surface area contributed by atoms with E-state index in [4.69, 9.17) is 14.9 Å². The van der Waals surface area contributed by atoms with Crippen molar-refractivity contribution in [2.24, 2.45) is 0 Å². The highest BCUT2D eigenvalue weighted by Gasteiger charge is 2.21. The Morgan fingerprint density at radius 2 is 1.77 bits per heavy atom. The smallest absolute Gasteiger partial charge is 0.271 e. The topological polar surface area (TPSA) is 109 Å². The maximum absolute atomic E-state index is 15.3. The average molecular weight is 581 g/mol. The number of amides is 1. The van der Waals surface area contributed by atoms with E-state index < -0.39 is 23.1 Å². The third-order valence-corrected chi connectivity index (χ3v) is 6.41. The first-order valence-corrected chi connectivity index (χ1v) is 13.3. The number of allylic oxidation sites excluding steroid dienone is 1. The van der Waals surface area contributed by atoms with Crippen LogP contribution in [0.5, 0.6) is 11.5 Å². The number of benzene rings is 3. The van der Waals surface area contributed by atoms with Crippen LogP contribution in [0, 0.1) is 17.0 Å². The summed E-state index contributed by atoms with van der Waals surface area (Å²) in [6, 6.07) is 21.9. The van der Waals surface area contributed by atoms with Crippen molar-refractivity contribution in [2.45, 2.75) is 6.92 Å². The number of hydrogen-bond donors (Lipinski definition) is 3. The Morgan fingerprint density at radius 3 is 2.47 bits per heavy atom. The van der Waals surface area contributed by atoms with E-state index in [0.29, 0.717) is 11.4 Å². The van der Waals surface area contributed by atoms with Crippen LogP contribution in [0.2, 0.25) is 0 Å². The molecule has 43 heavy (non-hydrogen) atoms. The van der Waals surface area contributed by atoms with Crippen molar-refractivity contribution in [3.05, 3.63) is 137 Å². The number of H-pyrrole nitrogens is 1. The zero-order valence-electron chi connectivity index (χ0n) is 22.9. The van der Waals surface area contributed by atoms with Gasteiger partial charge in [-0.05, 0) is 61.0 Å². The molecule has 0 saturated heterocycles. The fourth-order valence-electron chi connectivity index (χ4n) is 4.46. The van der Waals surface area contributed by atoms with Gasteiger partial charge in [-0.2, -0.15) is 0 Å². The number of rotatable bonds is 10. The summed E-state index contributed by atoms with van der Waals surface area (Å²) in [6.07, 6.45) is 5.57. The molecule has 2 heterocycles. The van der Waals surface area contributed by atoms with Crippen LogP contribution in [0.1, 0.15) is 23.0 Å². The van der Waals surface area contributed by atoms with Crippen LogP contribution in [0.25, 0.3) is 22.6 Å². The zero-order chi connectivity index (χ0) is 30.3. The van der Waals surface area contributed by atoms with Crippen molar-refractivity contribution >= 4 is 23.6 Å². The lowest BCUT2D eigenvalue weighted by Crippen LogP contribution is -2.29. The molecule has 0 unspecified atom stereocenters. The van der Waals surface area contributed by atoms with Crippen molar-refractivity contribution in [3.63, 3.8) is 0 Å². The van der Waals surface area contributed by atoms with E-state index in [1.807, 2.05) is 36.4 Å². The van der Waals surface area contributed by atoms with Gasteiger partial charge in [0.2, 0.25) is 0 Å². The quantitative estimate of drug-likeness (QED) is 0.124. The van der Waals surface area contributed by atoms with Crippen molar-refractivity contribution in [2.75, 3.05) is 11.9 Å². The van der Waals surface area contributed by atoms with Gasteiger partial charge >= 0.3 is 0 Å². The molecule has 0 atom stereocenters. The second-order valence-corrected chi connectivity index (χ2v) is 9.17. The molecular formula is C33H26F2N4O4. The third kappa shape index (κ3) is 6.28. The molecule has 3 N–H and O–H groups in total. The molecule has 216 valence electrons. The third-order valence-electron chi connectivity index (χ3n) is 6.41. The standard InChI is InChI=1S/C33H26F2N4O4/c1-2-42-28-16-19-39(24-11-8-22(34)9-12-24)33(41)30(28)32(40)38-23-10-13-27(26(35)20-23)43-29(14-17-36)31-25(15-18-37-31)21-6-4-3-5-7-21/h3-20,36-37H,2H2,1H3,(H,38,40)/b29-14+,36-17?. The number of anilines is 1. The minimum Gasteiger partial charge on any atom is -0.493 e. The number of ether oxygens (including phenoxy) is 2. The molecule has 0 spiro atoms. The number of halogens is 2. The van der Waals surface area contributed by atoms with Gasteiger partial charge in [0.15, 0.2) is 17.3 Å². The van der Waals surface area contributed by atoms with E-state index >= 15 is 4.39 Å². The van der Waals surface area contributed by atoms with Crippen molar-refractivity contribution in [1.82, 2.24) is 9.55 Å². The van der Waals surface area contributed by atoms with Crippen LogP contribution in [0.3, 0.4) is 0 Å². The number of pyridine rings is 1. The van der Waals surface area contributed by atoms with Crippen LogP contribution in [-0.4, -0.2) is 28.3 Å². The van der Waals surface area contributed by atoms with Crippen molar-refractivity contribution in [1.29, 1.82) is 5.41 Å². The molecule has 0 radical (unpaired) electrons. The van der Waals surface area contributed by atoms with E-state index in [9.17, 15) is 14.0 Å². The molecule has 2 aromatic heterocycles. The highest BCUT2D eigenvalue weighted by Crippen LogP contribution is 2.31. The molecule has 10 heteroatoms. The van der Waals surface area contributed by atoms with Gasteiger partial charge in [-0.3, -0.25) is 14.2 Å². The highest BCUT2D eigenvalue weighted by atomic mass is 19.1. The summed E-state index contributed by atoms with van der Waals surface area (Å²) in [7, 11) is 0. The molecule has 0 saturated carbocycles. The number of nitrogens with zero attached hydrogens (tertiary/aromatic N) is 1. The van der Waals surface area contributed by atoms with E-state index in [1.54, 1.807) is 13.1 Å². The molecule has 0 aliphatic heterocycles. The lowest BCUT2D eigenvalue weighted by Gasteiger charge is -2.15. The zero-order valence-corrected chi connectivity index (χ0v) is 22.9. The summed E-state index contributed by atoms with van der Waals surface area (Å²) in [5.41, 5.74) is 1.68. The average Bonchev–Trinajstić information content (AvgIpc) is 3.50. The van der Waals surface area contributed by atoms with Gasteiger partial charge in [0.05, 0.1) is 12.3 Å². The number of aromatic amines is 1. The second kappa shape index (κ2) is 12.8. The molecule has 8 nitrogen and oxygen atoms in total.